The molecule has 1 aliphatic rings. The summed E-state index contributed by atoms with van der Waals surface area (Å²) < 4.78 is 27.3. The molecular weight excluding hydrogens is 272 g/mol. The second-order valence-corrected chi connectivity index (χ2v) is 8.19. The summed E-state index contributed by atoms with van der Waals surface area (Å²) in [5.41, 5.74) is 0.434. The van der Waals surface area contributed by atoms with E-state index in [0.717, 1.165) is 0 Å². The Balaban J connectivity index is 2.16. The third-order valence-corrected chi connectivity index (χ3v) is 6.58. The van der Waals surface area contributed by atoms with Gasteiger partial charge in [0, 0.05) is 6.54 Å². The van der Waals surface area contributed by atoms with E-state index in [0.29, 0.717) is 12.5 Å². The number of nitrogens with one attached hydrogen (secondary N) is 1. The highest BCUT2D eigenvalue weighted by atomic mass is 32.2. The van der Waals surface area contributed by atoms with E-state index in [2.05, 4.69) is 32.4 Å². The van der Waals surface area contributed by atoms with Gasteiger partial charge in [0.1, 0.15) is 6.07 Å². The molecule has 0 radical (unpaired) electrons. The van der Waals surface area contributed by atoms with E-state index in [-0.39, 0.29) is 21.3 Å². The summed E-state index contributed by atoms with van der Waals surface area (Å²) in [5.74, 6) is 0.305. The molecule has 0 atom stereocenters. The summed E-state index contributed by atoms with van der Waals surface area (Å²) in [6.45, 7) is 9.00. The molecule has 0 unspecified atom stereocenters. The highest BCUT2D eigenvalue weighted by molar-refractivity contribution is 7.89. The highest BCUT2D eigenvalue weighted by Gasteiger charge is 2.64. The SMILES string of the molecule is CC1(C)C(CNS(=O)(=O)c2ccccc2C#N)C1(C)C. The first-order valence-corrected chi connectivity index (χ1v) is 8.11. The van der Waals surface area contributed by atoms with Gasteiger partial charge >= 0.3 is 0 Å². The van der Waals surface area contributed by atoms with Crippen molar-refractivity contribution in [1.29, 1.82) is 5.26 Å². The Kier molecular flexibility index (Phi) is 3.43. The zero-order valence-corrected chi connectivity index (χ0v) is 13.1. The Morgan fingerprint density at radius 1 is 1.20 bits per heavy atom. The summed E-state index contributed by atoms with van der Waals surface area (Å²) in [5, 5.41) is 9.00. The zero-order chi connectivity index (χ0) is 15.2. The second-order valence-electron chi connectivity index (χ2n) is 6.46. The summed E-state index contributed by atoms with van der Waals surface area (Å²) in [4.78, 5) is 0.0544. The molecule has 4 nitrogen and oxygen atoms in total. The monoisotopic (exact) mass is 292 g/mol. The van der Waals surface area contributed by atoms with Crippen LogP contribution in [-0.4, -0.2) is 15.0 Å². The van der Waals surface area contributed by atoms with Crippen molar-refractivity contribution >= 4 is 10.0 Å². The largest absolute Gasteiger partial charge is 0.241 e. The number of hydrogen-bond donors (Lipinski definition) is 1. The average molecular weight is 292 g/mol. The zero-order valence-electron chi connectivity index (χ0n) is 12.3. The van der Waals surface area contributed by atoms with Crippen molar-refractivity contribution in [3.63, 3.8) is 0 Å². The van der Waals surface area contributed by atoms with E-state index in [9.17, 15) is 8.42 Å². The van der Waals surface area contributed by atoms with Gasteiger partial charge in [0.25, 0.3) is 0 Å². The summed E-state index contributed by atoms with van der Waals surface area (Å²) >= 11 is 0. The maximum absolute atomic E-state index is 12.3. The van der Waals surface area contributed by atoms with Crippen molar-refractivity contribution in [2.24, 2.45) is 16.7 Å². The predicted octanol–water partition coefficient (Wildman–Crippen LogP) is 2.52. The molecule has 1 aliphatic carbocycles. The van der Waals surface area contributed by atoms with Crippen LogP contribution in [0.1, 0.15) is 33.3 Å². The minimum absolute atomic E-state index is 0.0544. The van der Waals surface area contributed by atoms with Gasteiger partial charge in [-0.25, -0.2) is 13.1 Å². The van der Waals surface area contributed by atoms with Crippen LogP contribution in [0.2, 0.25) is 0 Å². The van der Waals surface area contributed by atoms with E-state index in [1.807, 2.05) is 6.07 Å². The van der Waals surface area contributed by atoms with E-state index >= 15 is 0 Å². The number of sulfonamides is 1. The molecule has 1 fully saturated rings. The first-order valence-electron chi connectivity index (χ1n) is 6.63. The molecule has 1 N–H and O–H groups in total. The predicted molar refractivity (Wildman–Crippen MR) is 77.4 cm³/mol. The fourth-order valence-corrected chi connectivity index (χ4v) is 4.11. The lowest BCUT2D eigenvalue weighted by Crippen LogP contribution is -2.28. The van der Waals surface area contributed by atoms with Crippen LogP contribution in [0.4, 0.5) is 0 Å². The number of hydrogen-bond acceptors (Lipinski definition) is 3. The molecule has 20 heavy (non-hydrogen) atoms. The van der Waals surface area contributed by atoms with E-state index in [1.54, 1.807) is 12.1 Å². The van der Waals surface area contributed by atoms with Crippen molar-refractivity contribution in [3.05, 3.63) is 29.8 Å². The minimum Gasteiger partial charge on any atom is -0.211 e. The third-order valence-electron chi connectivity index (χ3n) is 5.09. The fourth-order valence-electron chi connectivity index (χ4n) is 2.91. The molecule has 0 saturated heterocycles. The Labute approximate surface area is 120 Å². The molecule has 0 aliphatic heterocycles. The summed E-state index contributed by atoms with van der Waals surface area (Å²) in [7, 11) is -3.63. The Morgan fingerprint density at radius 3 is 2.25 bits per heavy atom. The first-order chi connectivity index (χ1) is 9.14. The Hall–Kier alpha value is -1.38. The van der Waals surface area contributed by atoms with E-state index < -0.39 is 10.0 Å². The van der Waals surface area contributed by atoms with Crippen LogP contribution in [-0.2, 0) is 10.0 Å². The van der Waals surface area contributed by atoms with Gasteiger partial charge in [0.15, 0.2) is 0 Å². The summed E-state index contributed by atoms with van der Waals surface area (Å²) in [6, 6.07) is 8.18. The molecule has 1 aromatic rings. The van der Waals surface area contributed by atoms with Gasteiger partial charge in [-0.1, -0.05) is 39.8 Å². The van der Waals surface area contributed by atoms with Crippen LogP contribution in [0.5, 0.6) is 0 Å². The molecule has 0 amide bonds. The first kappa shape index (κ1) is 15.0. The molecular formula is C15H20N2O2S. The van der Waals surface area contributed by atoms with Crippen LogP contribution in [0, 0.1) is 28.1 Å². The van der Waals surface area contributed by atoms with Gasteiger partial charge in [0.05, 0.1) is 10.5 Å². The van der Waals surface area contributed by atoms with Crippen molar-refractivity contribution in [1.82, 2.24) is 4.72 Å². The Bertz CT molecular complexity index is 655. The molecule has 0 heterocycles. The lowest BCUT2D eigenvalue weighted by molar-refractivity contribution is 0.457. The molecule has 1 saturated carbocycles. The van der Waals surface area contributed by atoms with Crippen molar-refractivity contribution in [3.8, 4) is 6.07 Å². The molecule has 5 heteroatoms. The number of benzene rings is 1. The van der Waals surface area contributed by atoms with E-state index in [1.165, 1.54) is 12.1 Å². The topological polar surface area (TPSA) is 70.0 Å². The maximum Gasteiger partial charge on any atom is 0.241 e. The summed E-state index contributed by atoms with van der Waals surface area (Å²) in [6.07, 6.45) is 0. The maximum atomic E-state index is 12.3. The molecule has 0 spiro atoms. The van der Waals surface area contributed by atoms with Gasteiger partial charge in [-0.3, -0.25) is 0 Å². The van der Waals surface area contributed by atoms with Crippen LogP contribution >= 0.6 is 0 Å². The van der Waals surface area contributed by atoms with Crippen molar-refractivity contribution < 1.29 is 8.42 Å². The third kappa shape index (κ3) is 2.23. The van der Waals surface area contributed by atoms with Crippen LogP contribution in [0.25, 0.3) is 0 Å². The van der Waals surface area contributed by atoms with Gasteiger partial charge in [-0.05, 0) is 28.9 Å². The molecule has 0 bridgehead atoms. The smallest absolute Gasteiger partial charge is 0.211 e. The van der Waals surface area contributed by atoms with Crippen molar-refractivity contribution in [2.45, 2.75) is 32.6 Å². The van der Waals surface area contributed by atoms with Crippen molar-refractivity contribution in [2.75, 3.05) is 6.54 Å². The Morgan fingerprint density at radius 2 is 1.75 bits per heavy atom. The lowest BCUT2D eigenvalue weighted by Gasteiger charge is -2.09. The molecule has 1 aromatic carbocycles. The van der Waals surface area contributed by atoms with Gasteiger partial charge in [-0.15, -0.1) is 0 Å². The number of nitrogens with zero attached hydrogens (tertiary/aromatic N) is 1. The second kappa shape index (κ2) is 4.57. The molecule has 2 rings (SSSR count). The van der Waals surface area contributed by atoms with Crippen LogP contribution < -0.4 is 4.72 Å². The minimum atomic E-state index is -3.63. The number of rotatable bonds is 4. The lowest BCUT2D eigenvalue weighted by atomic mass is 10.0. The van der Waals surface area contributed by atoms with E-state index in [4.69, 9.17) is 5.26 Å². The van der Waals surface area contributed by atoms with Crippen LogP contribution in [0.3, 0.4) is 0 Å². The normalized spacial score (nSPS) is 20.4. The average Bonchev–Trinajstić information content (AvgIpc) is 2.77. The van der Waals surface area contributed by atoms with Gasteiger partial charge in [-0.2, -0.15) is 5.26 Å². The fraction of sp³-hybridized carbons (Fsp3) is 0.533. The quantitative estimate of drug-likeness (QED) is 0.927. The van der Waals surface area contributed by atoms with Gasteiger partial charge in [0.2, 0.25) is 10.0 Å². The van der Waals surface area contributed by atoms with Crippen LogP contribution in [0.15, 0.2) is 29.2 Å². The molecule has 108 valence electrons. The highest BCUT2D eigenvalue weighted by Crippen LogP contribution is 2.67. The number of nitriles is 1. The molecule has 0 aromatic heterocycles. The standard InChI is InChI=1S/C15H20N2O2S/c1-14(2)13(15(14,3)4)10-17-20(18,19)12-8-6-5-7-11(12)9-16/h5-8,13,17H,10H2,1-4H3. The van der Waals surface area contributed by atoms with Gasteiger partial charge < -0.3 is 0 Å².